The summed E-state index contributed by atoms with van der Waals surface area (Å²) in [5.74, 6) is 1.46. The highest BCUT2D eigenvalue weighted by Gasteiger charge is 2.26. The molecule has 1 unspecified atom stereocenters. The lowest BCUT2D eigenvalue weighted by Gasteiger charge is -2.33. The van der Waals surface area contributed by atoms with E-state index in [1.165, 1.54) is 10.2 Å². The SMILES string of the molecule is CCOc1ccc(CNC(=O)C2CCCN(c3ccc(=O)n(-c4ccc(CC)cc4)n3)C2)cc1. The molecule has 2 heterocycles. The molecular weight excluding hydrogens is 428 g/mol. The first kappa shape index (κ1) is 23.5. The van der Waals surface area contributed by atoms with Crippen LogP contribution < -0.4 is 20.5 Å². The molecule has 0 bridgehead atoms. The van der Waals surface area contributed by atoms with Crippen LogP contribution in [0.3, 0.4) is 0 Å². The van der Waals surface area contributed by atoms with Gasteiger partial charge < -0.3 is 15.0 Å². The standard InChI is InChI=1S/C27H32N4O3/c1-3-20-7-11-23(12-8-20)31-26(32)16-15-25(29-31)30-17-5-6-22(19-30)27(33)28-18-21-9-13-24(14-10-21)34-4-2/h7-16,22H,3-6,17-19H2,1-2H3,(H,28,33). The molecular formula is C27H32N4O3. The Balaban J connectivity index is 1.41. The lowest BCUT2D eigenvalue weighted by atomic mass is 9.97. The first-order chi connectivity index (χ1) is 16.6. The smallest absolute Gasteiger partial charge is 0.271 e. The maximum Gasteiger partial charge on any atom is 0.271 e. The number of amides is 1. The van der Waals surface area contributed by atoms with Gasteiger partial charge in [0.15, 0.2) is 0 Å². The summed E-state index contributed by atoms with van der Waals surface area (Å²) in [5.41, 5.74) is 2.82. The van der Waals surface area contributed by atoms with Gasteiger partial charge in [-0.05, 0) is 67.6 Å². The lowest BCUT2D eigenvalue weighted by molar-refractivity contribution is -0.125. The lowest BCUT2D eigenvalue weighted by Crippen LogP contribution is -2.43. The Kier molecular flexibility index (Phi) is 7.62. The van der Waals surface area contributed by atoms with Crippen molar-refractivity contribution in [2.24, 2.45) is 5.92 Å². The summed E-state index contributed by atoms with van der Waals surface area (Å²) < 4.78 is 6.90. The van der Waals surface area contributed by atoms with Crippen LogP contribution in [0, 0.1) is 5.92 Å². The van der Waals surface area contributed by atoms with E-state index < -0.39 is 0 Å². The highest BCUT2D eigenvalue weighted by molar-refractivity contribution is 5.79. The van der Waals surface area contributed by atoms with Crippen LogP contribution in [-0.4, -0.2) is 35.4 Å². The molecule has 1 amide bonds. The molecule has 0 saturated carbocycles. The van der Waals surface area contributed by atoms with Crippen molar-refractivity contribution in [2.45, 2.75) is 39.7 Å². The van der Waals surface area contributed by atoms with Gasteiger partial charge in [-0.25, -0.2) is 0 Å². The van der Waals surface area contributed by atoms with Gasteiger partial charge in [-0.1, -0.05) is 31.2 Å². The number of carbonyl (C=O) groups is 1. The van der Waals surface area contributed by atoms with Crippen molar-refractivity contribution >= 4 is 11.7 Å². The molecule has 3 aromatic rings. The van der Waals surface area contributed by atoms with E-state index in [4.69, 9.17) is 4.74 Å². The van der Waals surface area contributed by atoms with Crippen molar-refractivity contribution in [2.75, 3.05) is 24.6 Å². The largest absolute Gasteiger partial charge is 0.494 e. The van der Waals surface area contributed by atoms with Gasteiger partial charge in [0.25, 0.3) is 5.56 Å². The van der Waals surface area contributed by atoms with Crippen LogP contribution in [-0.2, 0) is 17.8 Å². The number of anilines is 1. The number of rotatable bonds is 8. The molecule has 1 aliphatic rings. The van der Waals surface area contributed by atoms with Gasteiger partial charge in [0, 0.05) is 25.7 Å². The van der Waals surface area contributed by atoms with E-state index >= 15 is 0 Å². The van der Waals surface area contributed by atoms with Crippen LogP contribution in [0.15, 0.2) is 65.5 Å². The summed E-state index contributed by atoms with van der Waals surface area (Å²) in [6.45, 7) is 6.55. The number of hydrogen-bond donors (Lipinski definition) is 1. The summed E-state index contributed by atoms with van der Waals surface area (Å²) in [4.78, 5) is 27.4. The van der Waals surface area contributed by atoms with Crippen molar-refractivity contribution in [3.05, 3.63) is 82.1 Å². The average molecular weight is 461 g/mol. The third-order valence-corrected chi connectivity index (χ3v) is 6.19. The molecule has 1 atom stereocenters. The molecule has 1 fully saturated rings. The first-order valence-electron chi connectivity index (χ1n) is 12.0. The van der Waals surface area contributed by atoms with Crippen molar-refractivity contribution < 1.29 is 9.53 Å². The molecule has 2 aromatic carbocycles. The van der Waals surface area contributed by atoms with Crippen LogP contribution >= 0.6 is 0 Å². The Bertz CT molecular complexity index is 1160. The minimum absolute atomic E-state index is 0.0436. The third kappa shape index (κ3) is 5.65. The fourth-order valence-corrected chi connectivity index (χ4v) is 4.23. The molecule has 7 nitrogen and oxygen atoms in total. The van der Waals surface area contributed by atoms with Gasteiger partial charge >= 0.3 is 0 Å². The number of benzene rings is 2. The van der Waals surface area contributed by atoms with E-state index in [-0.39, 0.29) is 17.4 Å². The Labute approximate surface area is 200 Å². The van der Waals surface area contributed by atoms with E-state index in [0.717, 1.165) is 42.8 Å². The summed E-state index contributed by atoms with van der Waals surface area (Å²) in [6.07, 6.45) is 2.68. The Morgan fingerprint density at radius 2 is 1.76 bits per heavy atom. The first-order valence-corrected chi connectivity index (χ1v) is 12.0. The van der Waals surface area contributed by atoms with E-state index in [0.29, 0.717) is 25.5 Å². The number of piperidine rings is 1. The van der Waals surface area contributed by atoms with Crippen LogP contribution in [0.1, 0.15) is 37.8 Å². The molecule has 1 N–H and O–H groups in total. The average Bonchev–Trinajstić information content (AvgIpc) is 2.89. The highest BCUT2D eigenvalue weighted by Crippen LogP contribution is 2.22. The van der Waals surface area contributed by atoms with Crippen LogP contribution in [0.25, 0.3) is 5.69 Å². The predicted octanol–water partition coefficient (Wildman–Crippen LogP) is 3.73. The number of nitrogens with one attached hydrogen (secondary N) is 1. The molecule has 178 valence electrons. The zero-order valence-electron chi connectivity index (χ0n) is 19.9. The van der Waals surface area contributed by atoms with E-state index in [2.05, 4.69) is 22.2 Å². The van der Waals surface area contributed by atoms with Crippen LogP contribution in [0.2, 0.25) is 0 Å². The second-order valence-electron chi connectivity index (χ2n) is 8.54. The Hall–Kier alpha value is -3.61. The monoisotopic (exact) mass is 460 g/mol. The number of ether oxygens (including phenoxy) is 1. The van der Waals surface area contributed by atoms with Gasteiger partial charge in [0.1, 0.15) is 11.6 Å². The van der Waals surface area contributed by atoms with Gasteiger partial charge in [-0.15, -0.1) is 5.10 Å². The quantitative estimate of drug-likeness (QED) is 0.554. The zero-order valence-corrected chi connectivity index (χ0v) is 19.9. The molecule has 34 heavy (non-hydrogen) atoms. The molecule has 1 aliphatic heterocycles. The van der Waals surface area contributed by atoms with Crippen molar-refractivity contribution in [1.82, 2.24) is 15.1 Å². The maximum absolute atomic E-state index is 12.9. The number of nitrogens with zero attached hydrogens (tertiary/aromatic N) is 3. The molecule has 1 aromatic heterocycles. The fraction of sp³-hybridized carbons (Fsp3) is 0.370. The van der Waals surface area contributed by atoms with Gasteiger partial charge in [-0.2, -0.15) is 4.68 Å². The van der Waals surface area contributed by atoms with Crippen LogP contribution in [0.4, 0.5) is 5.82 Å². The van der Waals surface area contributed by atoms with Crippen molar-refractivity contribution in [1.29, 1.82) is 0 Å². The molecule has 1 saturated heterocycles. The minimum atomic E-state index is -0.172. The maximum atomic E-state index is 12.9. The topological polar surface area (TPSA) is 76.5 Å². The predicted molar refractivity (Wildman–Crippen MR) is 134 cm³/mol. The second kappa shape index (κ2) is 11.0. The fourth-order valence-electron chi connectivity index (χ4n) is 4.23. The molecule has 4 rings (SSSR count). The molecule has 0 radical (unpaired) electrons. The van der Waals surface area contributed by atoms with E-state index in [1.807, 2.05) is 55.5 Å². The van der Waals surface area contributed by atoms with Crippen molar-refractivity contribution in [3.8, 4) is 11.4 Å². The number of aromatic nitrogens is 2. The summed E-state index contributed by atoms with van der Waals surface area (Å²) in [5, 5.41) is 7.69. The van der Waals surface area contributed by atoms with E-state index in [1.54, 1.807) is 12.1 Å². The number of aryl methyl sites for hydroxylation is 1. The third-order valence-electron chi connectivity index (χ3n) is 6.19. The summed E-state index contributed by atoms with van der Waals surface area (Å²) >= 11 is 0. The normalized spacial score (nSPS) is 15.7. The molecule has 0 spiro atoms. The zero-order chi connectivity index (χ0) is 23.9. The van der Waals surface area contributed by atoms with E-state index in [9.17, 15) is 9.59 Å². The Morgan fingerprint density at radius 1 is 1.03 bits per heavy atom. The van der Waals surface area contributed by atoms with Crippen molar-refractivity contribution in [3.63, 3.8) is 0 Å². The van der Waals surface area contributed by atoms with Crippen LogP contribution in [0.5, 0.6) is 5.75 Å². The van der Waals surface area contributed by atoms with Gasteiger partial charge in [0.05, 0.1) is 18.2 Å². The number of hydrogen-bond acceptors (Lipinski definition) is 5. The summed E-state index contributed by atoms with van der Waals surface area (Å²) in [7, 11) is 0. The van der Waals surface area contributed by atoms with Gasteiger partial charge in [0.2, 0.25) is 5.91 Å². The highest BCUT2D eigenvalue weighted by atomic mass is 16.5. The van der Waals surface area contributed by atoms with Gasteiger partial charge in [-0.3, -0.25) is 9.59 Å². The summed E-state index contributed by atoms with van der Waals surface area (Å²) in [6, 6.07) is 19.0. The molecule has 0 aliphatic carbocycles. The second-order valence-corrected chi connectivity index (χ2v) is 8.54. The number of carbonyl (C=O) groups excluding carboxylic acids is 1. The Morgan fingerprint density at radius 3 is 2.47 bits per heavy atom. The minimum Gasteiger partial charge on any atom is -0.494 e. The molecule has 7 heteroatoms.